The number of alkyl halides is 4. The molecule has 0 bridgehead atoms. The molecular weight excluding hydrogens is 498 g/mol. The first kappa shape index (κ1) is 26.0. The molecule has 5 rings (SSSR count). The highest BCUT2D eigenvalue weighted by molar-refractivity contribution is 6.04. The zero-order chi connectivity index (χ0) is 26.7. The van der Waals surface area contributed by atoms with Gasteiger partial charge in [0.25, 0.3) is 6.43 Å². The van der Waals surface area contributed by atoms with E-state index in [-0.39, 0.29) is 34.5 Å². The summed E-state index contributed by atoms with van der Waals surface area (Å²) in [5, 5.41) is 8.53. The summed E-state index contributed by atoms with van der Waals surface area (Å²) >= 11 is 0. The highest BCUT2D eigenvalue weighted by atomic mass is 19.3. The molecule has 0 spiro atoms. The van der Waals surface area contributed by atoms with Crippen molar-refractivity contribution < 1.29 is 31.8 Å². The molecule has 5 heterocycles. The topological polar surface area (TPSA) is 126 Å². The predicted octanol–water partition coefficient (Wildman–Crippen LogP) is 4.42. The minimum atomic E-state index is -3.11. The van der Waals surface area contributed by atoms with Crippen LogP contribution in [-0.2, 0) is 18.4 Å². The third kappa shape index (κ3) is 5.37. The molecule has 4 aromatic rings. The van der Waals surface area contributed by atoms with E-state index in [4.69, 9.17) is 10.5 Å². The molecule has 1 aliphatic rings. The van der Waals surface area contributed by atoms with Crippen LogP contribution in [-0.4, -0.2) is 48.7 Å². The van der Waals surface area contributed by atoms with Crippen LogP contribution in [0.3, 0.4) is 0 Å². The Bertz CT molecular complexity index is 1400. The van der Waals surface area contributed by atoms with Gasteiger partial charge in [0.15, 0.2) is 0 Å². The van der Waals surface area contributed by atoms with E-state index in [1.165, 1.54) is 21.8 Å². The number of H-pyrrole nitrogens is 1. The van der Waals surface area contributed by atoms with Crippen molar-refractivity contribution >= 4 is 16.9 Å². The van der Waals surface area contributed by atoms with E-state index in [1.54, 1.807) is 19.2 Å². The quantitative estimate of drug-likeness (QED) is 0.346. The molecule has 0 radical (unpaired) electrons. The van der Waals surface area contributed by atoms with Crippen molar-refractivity contribution in [2.45, 2.75) is 45.8 Å². The standard InChI is InChI=1S/C19H16F4N6O2.C4H9NO/c1-28-8-10(17(27-28)31-19(22)23)11-9-4-2-5-24-16(9)25-13(11)12-14(15(20)21)26-29-6-3-7-30-18(12)29;1-2-3-4(5)6/h2,4-5,8,15,19H,3,6-7H2,1H3,(H,24,25);2-3H2,1H3,(H2,5,6). The normalized spacial score (nSPS) is 12.9. The predicted molar refractivity (Wildman–Crippen MR) is 125 cm³/mol. The highest BCUT2D eigenvalue weighted by Crippen LogP contribution is 2.47. The van der Waals surface area contributed by atoms with Gasteiger partial charge in [0.05, 0.1) is 23.4 Å². The molecule has 198 valence electrons. The Morgan fingerprint density at radius 3 is 2.70 bits per heavy atom. The minimum absolute atomic E-state index is 0.0644. The van der Waals surface area contributed by atoms with Crippen molar-refractivity contribution in [1.82, 2.24) is 29.5 Å². The van der Waals surface area contributed by atoms with Gasteiger partial charge in [-0.3, -0.25) is 9.48 Å². The average molecular weight is 523 g/mol. The van der Waals surface area contributed by atoms with E-state index in [2.05, 4.69) is 24.9 Å². The summed E-state index contributed by atoms with van der Waals surface area (Å²) < 4.78 is 66.9. The first-order valence-corrected chi connectivity index (χ1v) is 11.5. The molecule has 0 unspecified atom stereocenters. The van der Waals surface area contributed by atoms with Crippen molar-refractivity contribution in [3.8, 4) is 34.1 Å². The van der Waals surface area contributed by atoms with E-state index < -0.39 is 18.7 Å². The van der Waals surface area contributed by atoms with Gasteiger partial charge in [-0.2, -0.15) is 13.9 Å². The second-order valence-electron chi connectivity index (χ2n) is 8.18. The molecular formula is C23H25F4N7O3. The van der Waals surface area contributed by atoms with E-state index >= 15 is 0 Å². The van der Waals surface area contributed by atoms with Crippen molar-refractivity contribution in [2.24, 2.45) is 12.8 Å². The van der Waals surface area contributed by atoms with Crippen LogP contribution >= 0.6 is 0 Å². The molecule has 0 saturated carbocycles. The van der Waals surface area contributed by atoms with Crippen molar-refractivity contribution in [2.75, 3.05) is 6.61 Å². The summed E-state index contributed by atoms with van der Waals surface area (Å²) in [5.41, 5.74) is 5.51. The van der Waals surface area contributed by atoms with Crippen LogP contribution in [0.2, 0.25) is 0 Å². The second-order valence-corrected chi connectivity index (χ2v) is 8.18. The summed E-state index contributed by atoms with van der Waals surface area (Å²) in [4.78, 5) is 17.1. The molecule has 1 aliphatic heterocycles. The second kappa shape index (κ2) is 10.9. The van der Waals surface area contributed by atoms with Crippen LogP contribution in [0, 0.1) is 0 Å². The van der Waals surface area contributed by atoms with Gasteiger partial charge >= 0.3 is 6.61 Å². The van der Waals surface area contributed by atoms with E-state index in [1.807, 2.05) is 6.92 Å². The van der Waals surface area contributed by atoms with Gasteiger partial charge in [-0.1, -0.05) is 6.92 Å². The fourth-order valence-corrected chi connectivity index (χ4v) is 4.08. The van der Waals surface area contributed by atoms with Gasteiger partial charge in [-0.25, -0.2) is 18.4 Å². The monoisotopic (exact) mass is 523 g/mol. The number of aromatic nitrogens is 6. The van der Waals surface area contributed by atoms with E-state index in [9.17, 15) is 22.4 Å². The lowest BCUT2D eigenvalue weighted by Crippen LogP contribution is -2.15. The zero-order valence-corrected chi connectivity index (χ0v) is 20.0. The van der Waals surface area contributed by atoms with Crippen molar-refractivity contribution in [3.05, 3.63) is 30.2 Å². The number of nitrogens with two attached hydrogens (primary N) is 1. The number of nitrogens with zero attached hydrogens (tertiary/aromatic N) is 5. The van der Waals surface area contributed by atoms with Crippen LogP contribution in [0.1, 0.15) is 38.3 Å². The Hall–Kier alpha value is -4.10. The molecule has 3 N–H and O–H groups in total. The number of carbonyl (C=O) groups excluding carboxylic acids is 1. The van der Waals surface area contributed by atoms with Crippen molar-refractivity contribution in [1.29, 1.82) is 0 Å². The Labute approximate surface area is 208 Å². The molecule has 1 amide bonds. The summed E-state index contributed by atoms with van der Waals surface area (Å²) in [6.07, 6.45) is 2.14. The smallest absolute Gasteiger partial charge is 0.388 e. The lowest BCUT2D eigenvalue weighted by atomic mass is 10.0. The lowest BCUT2D eigenvalue weighted by molar-refractivity contribution is -0.118. The van der Waals surface area contributed by atoms with Gasteiger partial charge in [0.2, 0.25) is 17.7 Å². The maximum atomic E-state index is 13.9. The first-order valence-electron chi connectivity index (χ1n) is 11.5. The van der Waals surface area contributed by atoms with Gasteiger partial charge in [0, 0.05) is 49.8 Å². The average Bonchev–Trinajstić information content (AvgIpc) is 3.51. The van der Waals surface area contributed by atoms with Gasteiger partial charge in [0.1, 0.15) is 11.3 Å². The molecule has 0 atom stereocenters. The fraction of sp³-hybridized carbons (Fsp3) is 0.391. The number of primary amides is 1. The number of fused-ring (bicyclic) bond motifs is 2. The number of nitrogens with one attached hydrogen (secondary N) is 1. The number of carbonyl (C=O) groups is 1. The number of hydrogen-bond acceptors (Lipinski definition) is 6. The first-order chi connectivity index (χ1) is 17.7. The highest BCUT2D eigenvalue weighted by Gasteiger charge is 2.33. The molecule has 37 heavy (non-hydrogen) atoms. The van der Waals surface area contributed by atoms with Gasteiger partial charge in [-0.05, 0) is 18.6 Å². The number of hydrogen-bond donors (Lipinski definition) is 2. The number of halogens is 4. The minimum Gasteiger partial charge on any atom is -0.477 e. The molecule has 0 fully saturated rings. The van der Waals surface area contributed by atoms with Crippen molar-refractivity contribution in [3.63, 3.8) is 0 Å². The van der Waals surface area contributed by atoms with Gasteiger partial charge in [-0.15, -0.1) is 5.10 Å². The summed E-state index contributed by atoms with van der Waals surface area (Å²) in [5.74, 6) is -0.351. The number of aryl methyl sites for hydroxylation is 2. The third-order valence-electron chi connectivity index (χ3n) is 5.47. The van der Waals surface area contributed by atoms with Crippen LogP contribution < -0.4 is 15.2 Å². The summed E-state index contributed by atoms with van der Waals surface area (Å²) in [7, 11) is 1.55. The van der Waals surface area contributed by atoms with E-state index in [0.29, 0.717) is 42.6 Å². The SMILES string of the molecule is CCCC(N)=O.Cn1cc(-c2c(-c3c(C(F)F)nn4c3OCCC4)[nH]c3ncccc23)c(OC(F)F)n1. The zero-order valence-electron chi connectivity index (χ0n) is 20.0. The summed E-state index contributed by atoms with van der Waals surface area (Å²) in [6, 6.07) is 3.36. The molecule has 0 saturated heterocycles. The maximum Gasteiger partial charge on any atom is 0.388 e. The Morgan fingerprint density at radius 2 is 2.05 bits per heavy atom. The fourth-order valence-electron chi connectivity index (χ4n) is 4.08. The number of amides is 1. The largest absolute Gasteiger partial charge is 0.477 e. The van der Waals surface area contributed by atoms with Gasteiger partial charge < -0.3 is 20.2 Å². The Morgan fingerprint density at radius 1 is 1.27 bits per heavy atom. The van der Waals surface area contributed by atoms with Crippen LogP contribution in [0.4, 0.5) is 17.6 Å². The number of aromatic amines is 1. The third-order valence-corrected chi connectivity index (χ3v) is 5.47. The van der Waals surface area contributed by atoms with Crippen LogP contribution in [0.15, 0.2) is 24.5 Å². The molecule has 4 aromatic heterocycles. The number of pyridine rings is 1. The molecule has 0 aliphatic carbocycles. The molecule has 10 nitrogen and oxygen atoms in total. The van der Waals surface area contributed by atoms with Crippen LogP contribution in [0.5, 0.6) is 11.8 Å². The van der Waals surface area contributed by atoms with E-state index in [0.717, 1.165) is 6.42 Å². The number of rotatable bonds is 7. The molecule has 14 heteroatoms. The molecule has 0 aromatic carbocycles. The Kier molecular flexibility index (Phi) is 7.64. The Balaban J connectivity index is 0.000000480. The van der Waals surface area contributed by atoms with Crippen LogP contribution in [0.25, 0.3) is 33.4 Å². The number of ether oxygens (including phenoxy) is 2. The maximum absolute atomic E-state index is 13.9. The lowest BCUT2D eigenvalue weighted by Gasteiger charge is -2.16. The summed E-state index contributed by atoms with van der Waals surface area (Å²) in [6.45, 7) is -0.411.